The molecule has 0 unspecified atom stereocenters. The Morgan fingerprint density at radius 2 is 1.93 bits per heavy atom. The molecule has 28 heavy (non-hydrogen) atoms. The molecule has 2 aromatic rings. The van der Waals surface area contributed by atoms with E-state index < -0.39 is 5.60 Å². The van der Waals surface area contributed by atoms with Crippen LogP contribution in [0.15, 0.2) is 54.7 Å². The van der Waals surface area contributed by atoms with Crippen molar-refractivity contribution in [1.82, 2.24) is 15.2 Å². The minimum Gasteiger partial charge on any atom is -0.362 e. The zero-order valence-electron chi connectivity index (χ0n) is 16.3. The van der Waals surface area contributed by atoms with Gasteiger partial charge < -0.3 is 10.1 Å². The molecule has 2 fully saturated rings. The average Bonchev–Trinajstić information content (AvgIpc) is 3.29. The molecule has 1 aliphatic heterocycles. The Hall–Kier alpha value is -2.24. The maximum atomic E-state index is 13.4. The molecule has 1 aliphatic carbocycles. The standard InChI is InChI=1S/C23H29N3O2/c27-22(25-17-19-8-2-1-3-9-19)23(16-20-10-6-7-13-24-20)18-26(14-15-28-23)21-11-4-5-12-21/h1-3,6-10,13,21H,4-5,11-12,14-18H2,(H,25,27)/t23-/m1/s1. The molecule has 1 saturated heterocycles. The Balaban J connectivity index is 1.52. The number of aromatic nitrogens is 1. The van der Waals surface area contributed by atoms with E-state index in [0.717, 1.165) is 17.8 Å². The first-order chi connectivity index (χ1) is 13.8. The Labute approximate surface area is 167 Å². The number of carbonyl (C=O) groups excluding carboxylic acids is 1. The quantitative estimate of drug-likeness (QED) is 0.838. The highest BCUT2D eigenvalue weighted by Gasteiger charge is 2.45. The summed E-state index contributed by atoms with van der Waals surface area (Å²) in [5.41, 5.74) is 1.10. The molecule has 1 aromatic carbocycles. The van der Waals surface area contributed by atoms with Crippen molar-refractivity contribution in [3.05, 3.63) is 66.0 Å². The number of carbonyl (C=O) groups is 1. The maximum Gasteiger partial charge on any atom is 0.254 e. The predicted octanol–water partition coefficient (Wildman–Crippen LogP) is 2.95. The molecule has 1 amide bonds. The highest BCUT2D eigenvalue weighted by atomic mass is 16.5. The summed E-state index contributed by atoms with van der Waals surface area (Å²) in [6.07, 6.45) is 7.31. The minimum atomic E-state index is -0.885. The average molecular weight is 380 g/mol. The maximum absolute atomic E-state index is 13.4. The lowest BCUT2D eigenvalue weighted by atomic mass is 9.92. The Bertz CT molecular complexity index is 762. The molecule has 1 aromatic heterocycles. The summed E-state index contributed by atoms with van der Waals surface area (Å²) in [4.78, 5) is 20.3. The van der Waals surface area contributed by atoms with Crippen LogP contribution in [0.1, 0.15) is 36.9 Å². The Morgan fingerprint density at radius 1 is 1.14 bits per heavy atom. The highest BCUT2D eigenvalue weighted by molar-refractivity contribution is 5.86. The lowest BCUT2D eigenvalue weighted by molar-refractivity contribution is -0.163. The van der Waals surface area contributed by atoms with Crippen molar-refractivity contribution < 1.29 is 9.53 Å². The van der Waals surface area contributed by atoms with Crippen LogP contribution in [0.3, 0.4) is 0 Å². The number of nitrogens with zero attached hydrogens (tertiary/aromatic N) is 2. The first-order valence-electron chi connectivity index (χ1n) is 10.4. The molecule has 1 atom stereocenters. The second kappa shape index (κ2) is 8.84. The third-order valence-electron chi connectivity index (χ3n) is 5.96. The van der Waals surface area contributed by atoms with Gasteiger partial charge in [-0.1, -0.05) is 49.2 Å². The fourth-order valence-electron chi connectivity index (χ4n) is 4.45. The van der Waals surface area contributed by atoms with Crippen molar-refractivity contribution in [1.29, 1.82) is 0 Å². The van der Waals surface area contributed by atoms with Crippen molar-refractivity contribution in [3.63, 3.8) is 0 Å². The van der Waals surface area contributed by atoms with Crippen LogP contribution in [-0.2, 0) is 22.5 Å². The second-order valence-electron chi connectivity index (χ2n) is 7.92. The molecule has 5 heteroatoms. The molecule has 148 valence electrons. The van der Waals surface area contributed by atoms with Crippen LogP contribution >= 0.6 is 0 Å². The third kappa shape index (κ3) is 4.42. The second-order valence-corrected chi connectivity index (χ2v) is 7.92. The summed E-state index contributed by atoms with van der Waals surface area (Å²) in [5.74, 6) is -0.0373. The van der Waals surface area contributed by atoms with E-state index in [1.807, 2.05) is 48.5 Å². The smallest absolute Gasteiger partial charge is 0.254 e. The highest BCUT2D eigenvalue weighted by Crippen LogP contribution is 2.30. The SMILES string of the molecule is O=C(NCc1ccccc1)[C@@]1(Cc2ccccn2)CN(C2CCCC2)CCO1. The van der Waals surface area contributed by atoms with E-state index >= 15 is 0 Å². The van der Waals surface area contributed by atoms with Gasteiger partial charge in [-0.05, 0) is 30.5 Å². The fourth-order valence-corrected chi connectivity index (χ4v) is 4.45. The zero-order valence-corrected chi connectivity index (χ0v) is 16.3. The first kappa shape index (κ1) is 19.1. The van der Waals surface area contributed by atoms with E-state index in [0.29, 0.717) is 32.2 Å². The summed E-state index contributed by atoms with van der Waals surface area (Å²) >= 11 is 0. The van der Waals surface area contributed by atoms with Crippen LogP contribution in [0, 0.1) is 0 Å². The number of hydrogen-bond donors (Lipinski definition) is 1. The fraction of sp³-hybridized carbons (Fsp3) is 0.478. The van der Waals surface area contributed by atoms with Gasteiger partial charge in [-0.3, -0.25) is 14.7 Å². The number of ether oxygens (including phenoxy) is 1. The predicted molar refractivity (Wildman–Crippen MR) is 109 cm³/mol. The van der Waals surface area contributed by atoms with Gasteiger partial charge >= 0.3 is 0 Å². The van der Waals surface area contributed by atoms with Gasteiger partial charge in [0, 0.05) is 44.0 Å². The van der Waals surface area contributed by atoms with Crippen molar-refractivity contribution in [2.75, 3.05) is 19.7 Å². The molecule has 0 bridgehead atoms. The minimum absolute atomic E-state index is 0.0373. The van der Waals surface area contributed by atoms with Crippen LogP contribution in [-0.4, -0.2) is 47.1 Å². The molecule has 0 spiro atoms. The number of morpholine rings is 1. The summed E-state index contributed by atoms with van der Waals surface area (Å²) in [7, 11) is 0. The Morgan fingerprint density at radius 3 is 2.68 bits per heavy atom. The van der Waals surface area contributed by atoms with Crippen molar-refractivity contribution in [3.8, 4) is 0 Å². The molecule has 0 radical (unpaired) electrons. The molecule has 2 heterocycles. The molecular weight excluding hydrogens is 350 g/mol. The van der Waals surface area contributed by atoms with Gasteiger partial charge in [0.05, 0.1) is 6.61 Å². The molecular formula is C23H29N3O2. The number of rotatable bonds is 6. The van der Waals surface area contributed by atoms with E-state index in [2.05, 4.69) is 15.2 Å². The van der Waals surface area contributed by atoms with Gasteiger partial charge in [0.25, 0.3) is 5.91 Å². The van der Waals surface area contributed by atoms with Crippen LogP contribution in [0.2, 0.25) is 0 Å². The number of nitrogens with one attached hydrogen (secondary N) is 1. The Kier molecular flexibility index (Phi) is 6.03. The third-order valence-corrected chi connectivity index (χ3v) is 5.96. The van der Waals surface area contributed by atoms with Gasteiger partial charge in [0.15, 0.2) is 5.60 Å². The lowest BCUT2D eigenvalue weighted by Gasteiger charge is -2.43. The summed E-state index contributed by atoms with van der Waals surface area (Å²) < 4.78 is 6.22. The van der Waals surface area contributed by atoms with Crippen molar-refractivity contribution in [2.45, 2.75) is 50.3 Å². The molecule has 2 aliphatic rings. The molecule has 1 saturated carbocycles. The lowest BCUT2D eigenvalue weighted by Crippen LogP contribution is -2.62. The molecule has 4 rings (SSSR count). The normalized spacial score (nSPS) is 23.6. The van der Waals surface area contributed by atoms with Crippen LogP contribution in [0.25, 0.3) is 0 Å². The van der Waals surface area contributed by atoms with Crippen LogP contribution in [0.5, 0.6) is 0 Å². The van der Waals surface area contributed by atoms with E-state index in [-0.39, 0.29) is 5.91 Å². The van der Waals surface area contributed by atoms with E-state index in [4.69, 9.17) is 4.74 Å². The van der Waals surface area contributed by atoms with Crippen LogP contribution < -0.4 is 5.32 Å². The summed E-state index contributed by atoms with van der Waals surface area (Å²) in [6.45, 7) is 2.63. The van der Waals surface area contributed by atoms with E-state index in [1.165, 1.54) is 25.7 Å². The van der Waals surface area contributed by atoms with Gasteiger partial charge in [-0.2, -0.15) is 0 Å². The van der Waals surface area contributed by atoms with Gasteiger partial charge in [0.2, 0.25) is 0 Å². The van der Waals surface area contributed by atoms with E-state index in [9.17, 15) is 4.79 Å². The molecule has 5 nitrogen and oxygen atoms in total. The monoisotopic (exact) mass is 379 g/mol. The number of benzene rings is 1. The van der Waals surface area contributed by atoms with E-state index in [1.54, 1.807) is 6.20 Å². The first-order valence-corrected chi connectivity index (χ1v) is 10.4. The number of hydrogen-bond acceptors (Lipinski definition) is 4. The zero-order chi connectivity index (χ0) is 19.2. The summed E-state index contributed by atoms with van der Waals surface area (Å²) in [6, 6.07) is 16.4. The largest absolute Gasteiger partial charge is 0.362 e. The van der Waals surface area contributed by atoms with Crippen molar-refractivity contribution in [2.24, 2.45) is 0 Å². The van der Waals surface area contributed by atoms with Crippen molar-refractivity contribution >= 4 is 5.91 Å². The van der Waals surface area contributed by atoms with Gasteiger partial charge in [-0.15, -0.1) is 0 Å². The molecule has 1 N–H and O–H groups in total. The van der Waals surface area contributed by atoms with Gasteiger partial charge in [0.1, 0.15) is 0 Å². The topological polar surface area (TPSA) is 54.5 Å². The number of pyridine rings is 1. The van der Waals surface area contributed by atoms with Crippen LogP contribution in [0.4, 0.5) is 0 Å². The number of amides is 1. The summed E-state index contributed by atoms with van der Waals surface area (Å²) in [5, 5.41) is 3.12. The van der Waals surface area contributed by atoms with Gasteiger partial charge in [-0.25, -0.2) is 0 Å².